The summed E-state index contributed by atoms with van der Waals surface area (Å²) in [5.41, 5.74) is 1.06. The van der Waals surface area contributed by atoms with Crippen LogP contribution in [0.4, 0.5) is 11.4 Å². The van der Waals surface area contributed by atoms with Gasteiger partial charge in [-0.2, -0.15) is 0 Å². The number of non-ortho nitro benzene ring substituents is 1. The Hall–Kier alpha value is -3.30. The molecule has 3 aromatic carbocycles. The molecule has 9 heteroatoms. The molecule has 0 bridgehead atoms. The highest BCUT2D eigenvalue weighted by Crippen LogP contribution is 2.19. The van der Waals surface area contributed by atoms with Crippen molar-refractivity contribution >= 4 is 61.1 Å². The molecular formula is C22H15Br2N3O4. The summed E-state index contributed by atoms with van der Waals surface area (Å²) in [6, 6.07) is 19.5. The van der Waals surface area contributed by atoms with Crippen molar-refractivity contribution < 1.29 is 14.5 Å². The largest absolute Gasteiger partial charge is 0.321 e. The molecule has 0 atom stereocenters. The molecule has 3 aromatic rings. The number of hydrogen-bond donors (Lipinski definition) is 2. The number of nitrogens with one attached hydrogen (secondary N) is 2. The zero-order valence-corrected chi connectivity index (χ0v) is 19.0. The summed E-state index contributed by atoms with van der Waals surface area (Å²) in [5.74, 6) is -1.08. The minimum atomic E-state index is -0.575. The van der Waals surface area contributed by atoms with E-state index in [1.54, 1.807) is 54.6 Å². The minimum Gasteiger partial charge on any atom is -0.321 e. The van der Waals surface area contributed by atoms with Gasteiger partial charge in [-0.3, -0.25) is 19.7 Å². The maximum atomic E-state index is 12.9. The van der Waals surface area contributed by atoms with E-state index in [4.69, 9.17) is 0 Å². The number of nitrogens with zero attached hydrogens (tertiary/aromatic N) is 1. The van der Waals surface area contributed by atoms with Crippen LogP contribution in [0.3, 0.4) is 0 Å². The predicted molar refractivity (Wildman–Crippen MR) is 125 cm³/mol. The molecule has 0 saturated heterocycles. The highest BCUT2D eigenvalue weighted by atomic mass is 79.9. The van der Waals surface area contributed by atoms with Crippen LogP contribution in [0.15, 0.2) is 87.4 Å². The summed E-state index contributed by atoms with van der Waals surface area (Å²) < 4.78 is 1.41. The predicted octanol–water partition coefficient (Wildman–Crippen LogP) is 5.53. The van der Waals surface area contributed by atoms with Crippen molar-refractivity contribution in [2.45, 2.75) is 0 Å². The molecule has 0 heterocycles. The lowest BCUT2D eigenvalue weighted by Gasteiger charge is -2.12. The first-order valence-electron chi connectivity index (χ1n) is 8.92. The molecule has 0 aliphatic carbocycles. The molecule has 0 saturated carbocycles. The van der Waals surface area contributed by atoms with Crippen molar-refractivity contribution in [2.24, 2.45) is 0 Å². The molecule has 0 fully saturated rings. The smallest absolute Gasteiger partial charge is 0.272 e. The lowest BCUT2D eigenvalue weighted by Crippen LogP contribution is -2.31. The second kappa shape index (κ2) is 10.1. The van der Waals surface area contributed by atoms with Crippen molar-refractivity contribution in [2.75, 3.05) is 5.32 Å². The Labute approximate surface area is 194 Å². The van der Waals surface area contributed by atoms with E-state index in [-0.39, 0.29) is 11.4 Å². The first-order chi connectivity index (χ1) is 14.8. The van der Waals surface area contributed by atoms with Crippen LogP contribution in [-0.4, -0.2) is 16.7 Å². The van der Waals surface area contributed by atoms with E-state index in [1.807, 2.05) is 0 Å². The van der Waals surface area contributed by atoms with Crippen molar-refractivity contribution in [1.29, 1.82) is 0 Å². The third kappa shape index (κ3) is 6.09. The van der Waals surface area contributed by atoms with E-state index in [0.29, 0.717) is 21.3 Å². The number of anilines is 1. The van der Waals surface area contributed by atoms with E-state index >= 15 is 0 Å². The van der Waals surface area contributed by atoms with Crippen LogP contribution in [0, 0.1) is 10.1 Å². The van der Waals surface area contributed by atoms with E-state index in [1.165, 1.54) is 24.3 Å². The SMILES string of the molecule is O=C(Nc1ccc(Br)cc1)/C(=C/c1cccc([N+](=O)[O-])c1)NC(=O)c1ccccc1Br. The molecule has 0 aliphatic heterocycles. The fourth-order valence-corrected chi connectivity index (χ4v) is 3.35. The average Bonchev–Trinajstić information content (AvgIpc) is 2.75. The molecule has 2 amide bonds. The maximum Gasteiger partial charge on any atom is 0.272 e. The Morgan fingerprint density at radius 2 is 1.65 bits per heavy atom. The van der Waals surface area contributed by atoms with Crippen LogP contribution < -0.4 is 10.6 Å². The van der Waals surface area contributed by atoms with Crippen LogP contribution in [0.1, 0.15) is 15.9 Å². The summed E-state index contributed by atoms with van der Waals surface area (Å²) >= 11 is 6.64. The molecule has 0 spiro atoms. The fraction of sp³-hybridized carbons (Fsp3) is 0. The summed E-state index contributed by atoms with van der Waals surface area (Å²) in [6.07, 6.45) is 1.38. The van der Waals surface area contributed by atoms with E-state index in [0.717, 1.165) is 4.47 Å². The summed E-state index contributed by atoms with van der Waals surface area (Å²) in [7, 11) is 0. The van der Waals surface area contributed by atoms with Gasteiger partial charge in [0.05, 0.1) is 10.5 Å². The van der Waals surface area contributed by atoms with Gasteiger partial charge >= 0.3 is 0 Å². The number of hydrogen-bond acceptors (Lipinski definition) is 4. The van der Waals surface area contributed by atoms with Gasteiger partial charge in [-0.25, -0.2) is 0 Å². The number of halogens is 2. The normalized spacial score (nSPS) is 11.0. The van der Waals surface area contributed by atoms with Gasteiger partial charge in [0, 0.05) is 26.8 Å². The lowest BCUT2D eigenvalue weighted by atomic mass is 10.1. The Balaban J connectivity index is 1.94. The van der Waals surface area contributed by atoms with Crippen molar-refractivity contribution in [3.63, 3.8) is 0 Å². The Bertz CT molecular complexity index is 1180. The lowest BCUT2D eigenvalue weighted by molar-refractivity contribution is -0.384. The number of rotatable bonds is 6. The van der Waals surface area contributed by atoms with Crippen LogP contribution >= 0.6 is 31.9 Å². The second-order valence-electron chi connectivity index (χ2n) is 6.31. The highest BCUT2D eigenvalue weighted by molar-refractivity contribution is 9.10. The van der Waals surface area contributed by atoms with E-state index < -0.39 is 16.7 Å². The third-order valence-corrected chi connectivity index (χ3v) is 5.33. The third-order valence-electron chi connectivity index (χ3n) is 4.11. The monoisotopic (exact) mass is 543 g/mol. The fourth-order valence-electron chi connectivity index (χ4n) is 2.62. The molecule has 156 valence electrons. The molecule has 2 N–H and O–H groups in total. The van der Waals surface area contributed by atoms with Crippen LogP contribution in [0.5, 0.6) is 0 Å². The summed E-state index contributed by atoms with van der Waals surface area (Å²) in [6.45, 7) is 0. The van der Waals surface area contributed by atoms with Gasteiger partial charge < -0.3 is 10.6 Å². The zero-order valence-electron chi connectivity index (χ0n) is 15.8. The molecule has 0 radical (unpaired) electrons. The van der Waals surface area contributed by atoms with Gasteiger partial charge in [0.2, 0.25) is 0 Å². The van der Waals surface area contributed by atoms with Gasteiger partial charge in [0.25, 0.3) is 17.5 Å². The van der Waals surface area contributed by atoms with Gasteiger partial charge in [-0.15, -0.1) is 0 Å². The Morgan fingerprint density at radius 1 is 0.935 bits per heavy atom. The van der Waals surface area contributed by atoms with Crippen molar-refractivity contribution in [1.82, 2.24) is 5.32 Å². The first-order valence-corrected chi connectivity index (χ1v) is 10.5. The molecule has 31 heavy (non-hydrogen) atoms. The average molecular weight is 545 g/mol. The van der Waals surface area contributed by atoms with Crippen LogP contribution in [-0.2, 0) is 4.79 Å². The van der Waals surface area contributed by atoms with Gasteiger partial charge in [0.15, 0.2) is 0 Å². The van der Waals surface area contributed by atoms with Gasteiger partial charge in [0.1, 0.15) is 5.70 Å². The topological polar surface area (TPSA) is 101 Å². The molecular weight excluding hydrogens is 530 g/mol. The highest BCUT2D eigenvalue weighted by Gasteiger charge is 2.17. The van der Waals surface area contributed by atoms with E-state index in [2.05, 4.69) is 42.5 Å². The molecule has 0 aliphatic rings. The molecule has 3 rings (SSSR count). The van der Waals surface area contributed by atoms with Crippen molar-refractivity contribution in [3.05, 3.63) is 109 Å². The Morgan fingerprint density at radius 3 is 2.32 bits per heavy atom. The minimum absolute atomic E-state index is 0.0656. The second-order valence-corrected chi connectivity index (χ2v) is 8.08. The molecule has 0 unspecified atom stereocenters. The number of nitro benzene ring substituents is 1. The standard InChI is InChI=1S/C22H15Br2N3O4/c23-15-8-10-16(11-9-15)25-22(29)20(13-14-4-3-5-17(12-14)27(30)31)26-21(28)18-6-1-2-7-19(18)24/h1-13H,(H,25,29)(H,26,28)/b20-13-. The summed E-state index contributed by atoms with van der Waals surface area (Å²) in [5, 5.41) is 16.4. The van der Waals surface area contributed by atoms with Crippen LogP contribution in [0.2, 0.25) is 0 Å². The summed E-state index contributed by atoms with van der Waals surface area (Å²) in [4.78, 5) is 36.2. The first kappa shape index (κ1) is 22.4. The van der Waals surface area contributed by atoms with Crippen LogP contribution in [0.25, 0.3) is 6.08 Å². The number of carbonyl (C=O) groups is 2. The molecule has 7 nitrogen and oxygen atoms in total. The number of benzene rings is 3. The van der Waals surface area contributed by atoms with E-state index in [9.17, 15) is 19.7 Å². The van der Waals surface area contributed by atoms with Gasteiger partial charge in [-0.05, 0) is 64.0 Å². The number of carbonyl (C=O) groups excluding carboxylic acids is 2. The maximum absolute atomic E-state index is 12.9. The number of amides is 2. The zero-order chi connectivity index (χ0) is 22.4. The van der Waals surface area contributed by atoms with Gasteiger partial charge in [-0.1, -0.05) is 40.2 Å². The Kier molecular flexibility index (Phi) is 7.32. The molecule has 0 aromatic heterocycles. The quantitative estimate of drug-likeness (QED) is 0.242. The number of nitro groups is 1. The van der Waals surface area contributed by atoms with Crippen molar-refractivity contribution in [3.8, 4) is 0 Å².